The van der Waals surface area contributed by atoms with Crippen molar-refractivity contribution in [1.82, 2.24) is 14.9 Å². The van der Waals surface area contributed by atoms with Gasteiger partial charge in [-0.1, -0.05) is 18.2 Å². The molecule has 10 heteroatoms. The van der Waals surface area contributed by atoms with Crippen LogP contribution in [0.1, 0.15) is 16.1 Å². The van der Waals surface area contributed by atoms with Gasteiger partial charge in [0.2, 0.25) is 0 Å². The van der Waals surface area contributed by atoms with E-state index in [0.29, 0.717) is 75.5 Å². The first-order valence-corrected chi connectivity index (χ1v) is 12.4. The number of morpholine rings is 2. The Morgan fingerprint density at radius 1 is 0.784 bits per heavy atom. The number of carbonyl (C=O) groups is 2. The second-order valence-corrected chi connectivity index (χ2v) is 8.87. The maximum Gasteiger partial charge on any atom is 0.323 e. The second-order valence-electron chi connectivity index (χ2n) is 8.87. The molecule has 3 heterocycles. The number of ether oxygens (including phenoxy) is 2. The van der Waals surface area contributed by atoms with Gasteiger partial charge in [-0.05, 0) is 43.3 Å². The SMILES string of the molecule is Cc1c(C(=O)N2CCOCC2)nc(-c2ccc(NC(=O)Nc3ccccc3)cc2)nc1N1CCOCC1. The Labute approximate surface area is 215 Å². The maximum atomic E-state index is 13.4. The molecule has 0 atom stereocenters. The maximum absolute atomic E-state index is 13.4. The Hall–Kier alpha value is -4.02. The lowest BCUT2D eigenvalue weighted by Gasteiger charge is -2.31. The molecule has 5 rings (SSSR count). The Bertz CT molecular complexity index is 1240. The number of hydrogen-bond donors (Lipinski definition) is 2. The van der Waals surface area contributed by atoms with Crippen molar-refractivity contribution in [2.45, 2.75) is 6.92 Å². The number of benzene rings is 2. The predicted molar refractivity (Wildman–Crippen MR) is 141 cm³/mol. The number of nitrogens with zero attached hydrogens (tertiary/aromatic N) is 4. The summed E-state index contributed by atoms with van der Waals surface area (Å²) in [6, 6.07) is 16.2. The van der Waals surface area contributed by atoms with Gasteiger partial charge in [-0.2, -0.15) is 0 Å². The first-order valence-electron chi connectivity index (χ1n) is 12.4. The summed E-state index contributed by atoms with van der Waals surface area (Å²) in [5.41, 5.74) is 3.25. The molecule has 0 unspecified atom stereocenters. The first-order chi connectivity index (χ1) is 18.1. The van der Waals surface area contributed by atoms with E-state index < -0.39 is 0 Å². The standard InChI is InChI=1S/C27H30N6O4/c1-19-23(26(34)33-13-17-37-18-14-33)30-24(31-25(19)32-11-15-36-16-12-32)20-7-9-22(10-8-20)29-27(35)28-21-5-3-2-4-6-21/h2-10H,11-18H2,1H3,(H2,28,29,35). The number of carbonyl (C=O) groups excluding carboxylic acids is 2. The summed E-state index contributed by atoms with van der Waals surface area (Å²) < 4.78 is 10.9. The number of anilines is 3. The zero-order chi connectivity index (χ0) is 25.6. The van der Waals surface area contributed by atoms with Gasteiger partial charge in [0.25, 0.3) is 5.91 Å². The van der Waals surface area contributed by atoms with Gasteiger partial charge in [0, 0.05) is 48.7 Å². The number of para-hydroxylation sites is 1. The third-order valence-electron chi connectivity index (χ3n) is 6.36. The van der Waals surface area contributed by atoms with Crippen molar-refractivity contribution < 1.29 is 19.1 Å². The van der Waals surface area contributed by atoms with Gasteiger partial charge in [0.1, 0.15) is 11.5 Å². The number of hydrogen-bond acceptors (Lipinski definition) is 7. The Morgan fingerprint density at radius 3 is 2.03 bits per heavy atom. The highest BCUT2D eigenvalue weighted by Crippen LogP contribution is 2.27. The summed E-state index contributed by atoms with van der Waals surface area (Å²) in [7, 11) is 0. The van der Waals surface area contributed by atoms with E-state index >= 15 is 0 Å². The average Bonchev–Trinajstić information content (AvgIpc) is 2.95. The zero-order valence-corrected chi connectivity index (χ0v) is 20.8. The molecule has 10 nitrogen and oxygen atoms in total. The van der Waals surface area contributed by atoms with Crippen LogP contribution in [0.2, 0.25) is 0 Å². The molecule has 192 valence electrons. The fourth-order valence-electron chi connectivity index (χ4n) is 4.36. The van der Waals surface area contributed by atoms with E-state index in [1.54, 1.807) is 17.0 Å². The average molecular weight is 503 g/mol. The van der Waals surface area contributed by atoms with E-state index in [2.05, 4.69) is 15.5 Å². The van der Waals surface area contributed by atoms with Crippen LogP contribution in [0.5, 0.6) is 0 Å². The highest BCUT2D eigenvalue weighted by molar-refractivity contribution is 6.00. The van der Waals surface area contributed by atoms with Gasteiger partial charge < -0.3 is 29.9 Å². The van der Waals surface area contributed by atoms with E-state index in [-0.39, 0.29) is 11.9 Å². The molecule has 3 aromatic rings. The molecule has 1 aromatic heterocycles. The van der Waals surface area contributed by atoms with Crippen LogP contribution in [0.4, 0.5) is 22.0 Å². The highest BCUT2D eigenvalue weighted by atomic mass is 16.5. The van der Waals surface area contributed by atoms with Gasteiger partial charge in [-0.3, -0.25) is 4.79 Å². The first kappa shape index (κ1) is 24.7. The number of urea groups is 1. The van der Waals surface area contributed by atoms with Crippen molar-refractivity contribution >= 4 is 29.1 Å². The van der Waals surface area contributed by atoms with Crippen LogP contribution in [-0.4, -0.2) is 79.4 Å². The van der Waals surface area contributed by atoms with Gasteiger partial charge in [0.15, 0.2) is 5.82 Å². The summed E-state index contributed by atoms with van der Waals surface area (Å²) in [6.45, 7) is 6.63. The number of nitrogens with one attached hydrogen (secondary N) is 2. The minimum absolute atomic E-state index is 0.116. The molecular weight excluding hydrogens is 472 g/mol. The Balaban J connectivity index is 1.40. The normalized spacial score (nSPS) is 15.8. The molecule has 0 radical (unpaired) electrons. The molecule has 2 aliphatic heterocycles. The minimum atomic E-state index is -0.335. The molecular formula is C27H30N6O4. The molecule has 0 spiro atoms. The quantitative estimate of drug-likeness (QED) is 0.550. The van der Waals surface area contributed by atoms with Crippen molar-refractivity contribution in [2.75, 3.05) is 68.1 Å². The molecule has 2 N–H and O–H groups in total. The Kier molecular flexibility index (Phi) is 7.57. The number of amides is 3. The van der Waals surface area contributed by atoms with Crippen LogP contribution < -0.4 is 15.5 Å². The lowest BCUT2D eigenvalue weighted by Crippen LogP contribution is -2.42. The van der Waals surface area contributed by atoms with Gasteiger partial charge in [-0.15, -0.1) is 0 Å². The largest absolute Gasteiger partial charge is 0.378 e. The molecule has 2 aliphatic rings. The van der Waals surface area contributed by atoms with Crippen LogP contribution in [0, 0.1) is 6.92 Å². The smallest absolute Gasteiger partial charge is 0.323 e. The van der Waals surface area contributed by atoms with E-state index in [1.165, 1.54) is 0 Å². The molecule has 37 heavy (non-hydrogen) atoms. The zero-order valence-electron chi connectivity index (χ0n) is 20.8. The van der Waals surface area contributed by atoms with E-state index in [4.69, 9.17) is 19.4 Å². The van der Waals surface area contributed by atoms with Crippen LogP contribution in [0.15, 0.2) is 54.6 Å². The summed E-state index contributed by atoms with van der Waals surface area (Å²) in [5, 5.41) is 5.62. The third-order valence-corrected chi connectivity index (χ3v) is 6.36. The fraction of sp³-hybridized carbons (Fsp3) is 0.333. The van der Waals surface area contributed by atoms with Gasteiger partial charge >= 0.3 is 6.03 Å². The lowest BCUT2D eigenvalue weighted by atomic mass is 10.1. The van der Waals surface area contributed by atoms with E-state index in [0.717, 1.165) is 16.9 Å². The van der Waals surface area contributed by atoms with Crippen molar-refractivity contribution in [3.63, 3.8) is 0 Å². The molecule has 0 saturated carbocycles. The predicted octanol–water partition coefficient (Wildman–Crippen LogP) is 3.41. The van der Waals surface area contributed by atoms with Crippen LogP contribution in [-0.2, 0) is 9.47 Å². The summed E-state index contributed by atoms with van der Waals surface area (Å²) >= 11 is 0. The number of aromatic nitrogens is 2. The number of rotatable bonds is 5. The van der Waals surface area contributed by atoms with Crippen molar-refractivity contribution in [3.8, 4) is 11.4 Å². The lowest BCUT2D eigenvalue weighted by molar-refractivity contribution is 0.0298. The van der Waals surface area contributed by atoms with Crippen molar-refractivity contribution in [2.24, 2.45) is 0 Å². The molecule has 2 saturated heterocycles. The van der Waals surface area contributed by atoms with Crippen molar-refractivity contribution in [1.29, 1.82) is 0 Å². The van der Waals surface area contributed by atoms with E-state index in [1.807, 2.05) is 49.4 Å². The molecule has 0 aliphatic carbocycles. The Morgan fingerprint density at radius 2 is 1.38 bits per heavy atom. The summed E-state index contributed by atoms with van der Waals surface area (Å²) in [5.74, 6) is 1.09. The second kappa shape index (κ2) is 11.4. The van der Waals surface area contributed by atoms with E-state index in [9.17, 15) is 9.59 Å². The van der Waals surface area contributed by atoms with Gasteiger partial charge in [-0.25, -0.2) is 14.8 Å². The molecule has 0 bridgehead atoms. The highest BCUT2D eigenvalue weighted by Gasteiger charge is 2.26. The van der Waals surface area contributed by atoms with Crippen molar-refractivity contribution in [3.05, 3.63) is 65.9 Å². The third kappa shape index (κ3) is 5.87. The minimum Gasteiger partial charge on any atom is -0.378 e. The molecule has 3 amide bonds. The molecule has 2 aromatic carbocycles. The molecule has 2 fully saturated rings. The topological polar surface area (TPSA) is 109 Å². The monoisotopic (exact) mass is 502 g/mol. The van der Waals surface area contributed by atoms with Crippen LogP contribution in [0.25, 0.3) is 11.4 Å². The summed E-state index contributed by atoms with van der Waals surface area (Å²) in [6.07, 6.45) is 0. The van der Waals surface area contributed by atoms with Crippen LogP contribution >= 0.6 is 0 Å². The van der Waals surface area contributed by atoms with Gasteiger partial charge in [0.05, 0.1) is 26.4 Å². The fourth-order valence-corrected chi connectivity index (χ4v) is 4.36. The van der Waals surface area contributed by atoms with Crippen LogP contribution in [0.3, 0.4) is 0 Å². The summed E-state index contributed by atoms with van der Waals surface area (Å²) in [4.78, 5) is 39.3.